The Morgan fingerprint density at radius 3 is 1.40 bits per heavy atom. The van der Waals surface area contributed by atoms with Crippen LogP contribution in [0.25, 0.3) is 77.0 Å². The van der Waals surface area contributed by atoms with Crippen LogP contribution >= 0.6 is 0 Å². The fraction of sp³-hybridized carbons (Fsp3) is 0.195. The maximum atomic E-state index is 14.6. The maximum absolute atomic E-state index is 14.6. The first kappa shape index (κ1) is 65.2. The molecule has 1 fully saturated rings. The van der Waals surface area contributed by atoms with E-state index in [1.807, 2.05) is 176 Å². The number of benzene rings is 10. The number of hydrogen-bond acceptors (Lipinski definition) is 8. The number of hydrogen-bond donors (Lipinski definition) is 7. The van der Waals surface area contributed by atoms with Gasteiger partial charge >= 0.3 is 5.97 Å². The van der Waals surface area contributed by atoms with Gasteiger partial charge in [-0.25, -0.2) is 9.97 Å². The molecule has 10 aromatic carbocycles. The van der Waals surface area contributed by atoms with Gasteiger partial charge in [-0.1, -0.05) is 231 Å². The fourth-order valence-electron chi connectivity index (χ4n) is 14.8. The highest BCUT2D eigenvalue weighted by atomic mass is 16.5. The Hall–Kier alpha value is -11.7. The topological polar surface area (TPSA) is 203 Å². The molecule has 2 amide bonds. The minimum atomic E-state index is -0.697. The van der Waals surface area contributed by atoms with E-state index >= 15 is 0 Å². The van der Waals surface area contributed by atoms with Crippen LogP contribution in [-0.4, -0.2) is 73.2 Å². The molecular weight excluding hydrogens is 1250 g/mol. The first-order chi connectivity index (χ1) is 49.7. The summed E-state index contributed by atoms with van der Waals surface area (Å²) in [5.74, 6) is -0.537. The van der Waals surface area contributed by atoms with Crippen molar-refractivity contribution < 1.29 is 23.9 Å². The zero-order valence-electron chi connectivity index (χ0n) is 56.1. The van der Waals surface area contributed by atoms with Crippen molar-refractivity contribution >= 4 is 66.9 Å². The largest absolute Gasteiger partial charge is 0.465 e. The van der Waals surface area contributed by atoms with Gasteiger partial charge < -0.3 is 40.6 Å². The highest BCUT2D eigenvalue weighted by molar-refractivity contribution is 5.91. The lowest BCUT2D eigenvalue weighted by molar-refractivity contribution is -0.147. The molecule has 2 aliphatic rings. The van der Waals surface area contributed by atoms with Crippen molar-refractivity contribution in [3.63, 3.8) is 0 Å². The number of esters is 1. The molecule has 14 aromatic rings. The third-order valence-corrected chi connectivity index (χ3v) is 20.2. The van der Waals surface area contributed by atoms with Crippen molar-refractivity contribution in [3.8, 4) is 33.6 Å². The van der Waals surface area contributed by atoms with Crippen molar-refractivity contribution in [2.45, 2.75) is 69.4 Å². The van der Waals surface area contributed by atoms with Crippen LogP contribution in [0.2, 0.25) is 0 Å². The number of aromatic nitrogens is 6. The molecule has 4 aromatic heterocycles. The number of rotatable bonds is 23. The number of Topliss-reactive ketones (excluding diaryl/α,β-unsaturated/α-hetero) is 1. The van der Waals surface area contributed by atoms with Crippen LogP contribution in [-0.2, 0) is 49.6 Å². The summed E-state index contributed by atoms with van der Waals surface area (Å²) in [5, 5.41) is 16.8. The number of nitrogens with one attached hydrogen (secondary N) is 7. The number of nitrogens with zero attached hydrogens (tertiary/aromatic N) is 2. The molecule has 0 radical (unpaired) electrons. The fourth-order valence-corrected chi connectivity index (χ4v) is 14.8. The van der Waals surface area contributed by atoms with Crippen molar-refractivity contribution in [3.05, 3.63) is 312 Å². The Morgan fingerprint density at radius 1 is 0.455 bits per heavy atom. The number of H-pyrrole nitrogens is 4. The number of carbonyl (C=O) groups is 4. The van der Waals surface area contributed by atoms with Crippen LogP contribution in [0.1, 0.15) is 88.7 Å². The Bertz CT molecular complexity index is 5190. The summed E-state index contributed by atoms with van der Waals surface area (Å²) in [7, 11) is 0. The summed E-state index contributed by atoms with van der Waals surface area (Å²) in [6, 6.07) is 81.2. The first-order valence-electron chi connectivity index (χ1n) is 35.1. The minimum absolute atomic E-state index is 0.00794. The molecule has 502 valence electrons. The summed E-state index contributed by atoms with van der Waals surface area (Å²) in [6.45, 7) is 1.88. The zero-order chi connectivity index (χ0) is 68.4. The van der Waals surface area contributed by atoms with Crippen LogP contribution < -0.4 is 16.0 Å². The van der Waals surface area contributed by atoms with Gasteiger partial charge in [0.05, 0.1) is 48.2 Å². The second-order valence-corrected chi connectivity index (χ2v) is 26.8. The third kappa shape index (κ3) is 15.0. The van der Waals surface area contributed by atoms with Gasteiger partial charge in [0.1, 0.15) is 24.0 Å². The second-order valence-electron chi connectivity index (χ2n) is 26.8. The molecule has 16 rings (SSSR count). The molecule has 0 spiro atoms. The highest BCUT2D eigenvalue weighted by Crippen LogP contribution is 2.45. The smallest absolute Gasteiger partial charge is 0.306 e. The summed E-state index contributed by atoms with van der Waals surface area (Å²) in [6.07, 6.45) is 11.2. The SMILES string of the molecule is O=C(C[C@H](Cc1c[nH]c2ccccc12)C(=O)N[C@H](Cc1ccc2ccccc2c1)c1ncc(-c2ccccc2)[nH]1)C1CCNCC1.O=C(C[C@H](Cc1c[nH]c2ccccc12)C(=O)N[C@H](Cc1ccc2ccccc2c1)c1ncc(-c2ccccc2)[nH]1)OCC1c2ccccc2-c2ccccc21. The van der Waals surface area contributed by atoms with Gasteiger partial charge in [0.15, 0.2) is 0 Å². The molecule has 14 nitrogen and oxygen atoms in total. The van der Waals surface area contributed by atoms with Crippen molar-refractivity contribution in [1.82, 2.24) is 45.9 Å². The molecule has 0 saturated carbocycles. The lowest BCUT2D eigenvalue weighted by atomic mass is 9.85. The van der Waals surface area contributed by atoms with E-state index in [-0.39, 0.29) is 48.9 Å². The number of imidazole rings is 2. The van der Waals surface area contributed by atoms with Crippen molar-refractivity contribution in [1.29, 1.82) is 0 Å². The molecular formula is C87H79N9O5. The Morgan fingerprint density at radius 2 is 0.891 bits per heavy atom. The number of carbonyl (C=O) groups excluding carboxylic acids is 4. The van der Waals surface area contributed by atoms with Gasteiger partial charge in [0, 0.05) is 58.4 Å². The molecule has 0 unspecified atom stereocenters. The van der Waals surface area contributed by atoms with Crippen LogP contribution in [0.3, 0.4) is 0 Å². The Balaban J connectivity index is 0.000000166. The predicted octanol–water partition coefficient (Wildman–Crippen LogP) is 16.6. The average molecular weight is 1330 g/mol. The number of ether oxygens (including phenoxy) is 1. The summed E-state index contributed by atoms with van der Waals surface area (Å²) < 4.78 is 6.06. The van der Waals surface area contributed by atoms with Crippen molar-refractivity contribution in [2.75, 3.05) is 19.7 Å². The van der Waals surface area contributed by atoms with Crippen LogP contribution in [0, 0.1) is 17.8 Å². The van der Waals surface area contributed by atoms with Crippen molar-refractivity contribution in [2.24, 2.45) is 17.8 Å². The second kappa shape index (κ2) is 30.2. The van der Waals surface area contributed by atoms with Gasteiger partial charge in [-0.2, -0.15) is 0 Å². The van der Waals surface area contributed by atoms with Crippen LogP contribution in [0.4, 0.5) is 0 Å². The number of fused-ring (bicyclic) bond motifs is 7. The highest BCUT2D eigenvalue weighted by Gasteiger charge is 2.34. The van der Waals surface area contributed by atoms with Gasteiger partial charge in [-0.3, -0.25) is 19.2 Å². The normalized spacial score (nSPS) is 14.1. The first-order valence-corrected chi connectivity index (χ1v) is 35.1. The van der Waals surface area contributed by atoms with E-state index in [4.69, 9.17) is 14.7 Å². The van der Waals surface area contributed by atoms with Gasteiger partial charge in [0.25, 0.3) is 0 Å². The molecule has 0 bridgehead atoms. The van der Waals surface area contributed by atoms with E-state index < -0.39 is 29.9 Å². The molecule has 4 atom stereocenters. The summed E-state index contributed by atoms with van der Waals surface area (Å²) >= 11 is 0. The molecule has 14 heteroatoms. The van der Waals surface area contributed by atoms with E-state index in [9.17, 15) is 19.2 Å². The molecule has 1 saturated heterocycles. The zero-order valence-corrected chi connectivity index (χ0v) is 56.1. The van der Waals surface area contributed by atoms with Crippen LogP contribution in [0.5, 0.6) is 0 Å². The predicted molar refractivity (Wildman–Crippen MR) is 401 cm³/mol. The quantitative estimate of drug-likeness (QED) is 0.0306. The van der Waals surface area contributed by atoms with Gasteiger partial charge in [0.2, 0.25) is 11.8 Å². The number of piperidine rings is 1. The molecule has 7 N–H and O–H groups in total. The third-order valence-electron chi connectivity index (χ3n) is 20.2. The average Bonchev–Trinajstić information content (AvgIpc) is 1.77. The number of ketones is 1. The van der Waals surface area contributed by atoms with Gasteiger partial charge in [-0.15, -0.1) is 0 Å². The maximum Gasteiger partial charge on any atom is 0.306 e. The number of aromatic amines is 4. The van der Waals surface area contributed by atoms with E-state index in [2.05, 4.69) is 127 Å². The molecule has 101 heavy (non-hydrogen) atoms. The minimum Gasteiger partial charge on any atom is -0.465 e. The summed E-state index contributed by atoms with van der Waals surface area (Å²) in [5.41, 5.74) is 14.6. The monoisotopic (exact) mass is 1330 g/mol. The summed E-state index contributed by atoms with van der Waals surface area (Å²) in [4.78, 5) is 79.6. The van der Waals surface area contributed by atoms with E-state index in [1.54, 1.807) is 0 Å². The number of amides is 2. The number of para-hydroxylation sites is 2. The van der Waals surface area contributed by atoms with E-state index in [0.29, 0.717) is 37.3 Å². The standard InChI is InChI=1S/C48H40N4O3.C39H39N5O2/c53-46(55-30-42-40-19-8-6-17-38(40)39-18-7-9-20-41(39)42)27-35(26-36-28-49-43-21-11-10-16-37(36)43)48(54)52-44(25-31-22-23-32-12-4-5-15-34(32)24-31)47-50-29-45(51-47)33-13-2-1-3-14-33;45-37(29-16-18-40-19-17-29)23-31(22-32-24-41-34-13-7-6-12-33(32)34)39(46)44-35(21-26-14-15-27-8-4-5-11-30(27)20-26)38-42-25-36(43-38)28-9-2-1-3-10-28/h1-24,28-29,35,42,44,49H,25-27,30H2,(H,50,51)(H,52,54);1-15,20,24-25,29,31,35,40-41H,16-19,21-23H2,(H,42,43)(H,44,46)/t35-,44+;31-,35+/m00/s1. The van der Waals surface area contributed by atoms with Gasteiger partial charge in [-0.05, 0) is 141 Å². The van der Waals surface area contributed by atoms with E-state index in [0.717, 1.165) is 120 Å². The Labute approximate surface area is 586 Å². The molecule has 1 aliphatic carbocycles. The Kier molecular flexibility index (Phi) is 19.5. The lowest BCUT2D eigenvalue weighted by Crippen LogP contribution is -2.39. The molecule has 1 aliphatic heterocycles. The van der Waals surface area contributed by atoms with E-state index in [1.165, 1.54) is 16.5 Å². The van der Waals surface area contributed by atoms with Crippen LogP contribution in [0.15, 0.2) is 267 Å². The molecule has 5 heterocycles. The lowest BCUT2D eigenvalue weighted by Gasteiger charge is -2.25.